The normalized spacial score (nSPS) is 11.1. The summed E-state index contributed by atoms with van der Waals surface area (Å²) < 4.78 is 9.47. The van der Waals surface area contributed by atoms with Crippen molar-refractivity contribution in [3.63, 3.8) is 0 Å². The van der Waals surface area contributed by atoms with Crippen molar-refractivity contribution in [2.75, 3.05) is 11.9 Å². The van der Waals surface area contributed by atoms with Crippen molar-refractivity contribution in [2.45, 2.75) is 13.8 Å². The smallest absolute Gasteiger partial charge is 0.354 e. The number of aromatic amines is 1. The van der Waals surface area contributed by atoms with Crippen molar-refractivity contribution in [1.82, 2.24) is 24.3 Å². The van der Waals surface area contributed by atoms with Crippen LogP contribution in [0.25, 0.3) is 21.6 Å². The Bertz CT molecular complexity index is 1630. The van der Waals surface area contributed by atoms with Crippen molar-refractivity contribution in [1.29, 1.82) is 0 Å². The standard InChI is InChI=1S/C23H19ClN6O3S/c1-3-33-19-11-14(24)7-8-17(19)30-18-9-10-34-20(18)21(27-22(30)31)26-15-5-4-6-16(13(15)2)29-12-25-28-23(29)32/h4-12H,3H2,1-2H3,(H,28,32)(H,26,27,31). The molecule has 9 nitrogen and oxygen atoms in total. The Morgan fingerprint density at radius 2 is 2.03 bits per heavy atom. The van der Waals surface area contributed by atoms with Crippen LogP contribution in [0, 0.1) is 6.92 Å². The van der Waals surface area contributed by atoms with Crippen molar-refractivity contribution in [3.05, 3.63) is 85.7 Å². The summed E-state index contributed by atoms with van der Waals surface area (Å²) in [5.74, 6) is 0.930. The van der Waals surface area contributed by atoms with Gasteiger partial charge in [0.1, 0.15) is 12.1 Å². The Balaban J connectivity index is 1.63. The Hall–Kier alpha value is -3.89. The van der Waals surface area contributed by atoms with Gasteiger partial charge in [0.15, 0.2) is 5.82 Å². The molecule has 0 aliphatic heterocycles. The molecule has 0 spiro atoms. The second-order valence-corrected chi connectivity index (χ2v) is 8.72. The van der Waals surface area contributed by atoms with Crippen molar-refractivity contribution >= 4 is 44.7 Å². The molecule has 0 fully saturated rings. The molecule has 3 heterocycles. The van der Waals surface area contributed by atoms with Gasteiger partial charge in [-0.3, -0.25) is 4.57 Å². The summed E-state index contributed by atoms with van der Waals surface area (Å²) in [5, 5.41) is 11.9. The Morgan fingerprint density at radius 3 is 2.79 bits per heavy atom. The quantitative estimate of drug-likeness (QED) is 0.362. The van der Waals surface area contributed by atoms with E-state index in [4.69, 9.17) is 16.3 Å². The molecule has 0 radical (unpaired) electrons. The zero-order valence-electron chi connectivity index (χ0n) is 18.2. The number of rotatable bonds is 6. The first kappa shape index (κ1) is 21.9. The lowest BCUT2D eigenvalue weighted by Gasteiger charge is -2.16. The van der Waals surface area contributed by atoms with Gasteiger partial charge in [-0.25, -0.2) is 19.3 Å². The average molecular weight is 495 g/mol. The van der Waals surface area contributed by atoms with Gasteiger partial charge in [-0.05, 0) is 55.1 Å². The van der Waals surface area contributed by atoms with E-state index < -0.39 is 5.69 Å². The van der Waals surface area contributed by atoms with Crippen LogP contribution < -0.4 is 21.4 Å². The van der Waals surface area contributed by atoms with Gasteiger partial charge in [0.25, 0.3) is 0 Å². The molecule has 2 N–H and O–H groups in total. The van der Waals surface area contributed by atoms with E-state index >= 15 is 0 Å². The molecule has 172 valence electrons. The lowest BCUT2D eigenvalue weighted by molar-refractivity contribution is 0.339. The molecule has 0 saturated carbocycles. The first-order valence-corrected chi connectivity index (χ1v) is 11.7. The second kappa shape index (κ2) is 8.81. The molecule has 0 aliphatic carbocycles. The van der Waals surface area contributed by atoms with Crippen LogP contribution in [0.2, 0.25) is 5.02 Å². The second-order valence-electron chi connectivity index (χ2n) is 7.36. The van der Waals surface area contributed by atoms with Crippen LogP contribution in [0.4, 0.5) is 11.5 Å². The van der Waals surface area contributed by atoms with E-state index in [2.05, 4.69) is 20.5 Å². The highest BCUT2D eigenvalue weighted by Crippen LogP contribution is 2.34. The predicted octanol–water partition coefficient (Wildman–Crippen LogP) is 4.43. The van der Waals surface area contributed by atoms with Crippen LogP contribution in [-0.2, 0) is 0 Å². The van der Waals surface area contributed by atoms with Crippen molar-refractivity contribution in [2.24, 2.45) is 0 Å². The van der Waals surface area contributed by atoms with E-state index in [1.165, 1.54) is 26.8 Å². The van der Waals surface area contributed by atoms with Gasteiger partial charge in [0.05, 0.1) is 28.2 Å². The van der Waals surface area contributed by atoms with Crippen LogP contribution in [0.1, 0.15) is 12.5 Å². The number of anilines is 2. The molecule has 0 aliphatic rings. The highest BCUT2D eigenvalue weighted by molar-refractivity contribution is 7.17. The summed E-state index contributed by atoms with van der Waals surface area (Å²) in [4.78, 5) is 29.6. The molecule has 34 heavy (non-hydrogen) atoms. The minimum absolute atomic E-state index is 0.338. The van der Waals surface area contributed by atoms with Crippen LogP contribution >= 0.6 is 22.9 Å². The van der Waals surface area contributed by atoms with Gasteiger partial charge in [0, 0.05) is 16.8 Å². The maximum Gasteiger partial charge on any atom is 0.354 e. The molecule has 11 heteroatoms. The fourth-order valence-corrected chi connectivity index (χ4v) is 4.77. The highest BCUT2D eigenvalue weighted by atomic mass is 35.5. The van der Waals surface area contributed by atoms with Crippen molar-refractivity contribution in [3.8, 4) is 17.1 Å². The molecule has 0 unspecified atom stereocenters. The van der Waals surface area contributed by atoms with E-state index in [0.29, 0.717) is 45.8 Å². The van der Waals surface area contributed by atoms with Gasteiger partial charge < -0.3 is 10.1 Å². The molecule has 3 aromatic heterocycles. The molecule has 2 aromatic carbocycles. The summed E-state index contributed by atoms with van der Waals surface area (Å²) in [6, 6.07) is 12.5. The lowest BCUT2D eigenvalue weighted by atomic mass is 10.1. The Morgan fingerprint density at radius 1 is 1.18 bits per heavy atom. The topological polar surface area (TPSA) is 107 Å². The largest absolute Gasteiger partial charge is 0.492 e. The molecule has 0 atom stereocenters. The van der Waals surface area contributed by atoms with Gasteiger partial charge >= 0.3 is 11.4 Å². The van der Waals surface area contributed by atoms with Crippen LogP contribution in [0.5, 0.6) is 5.75 Å². The number of ether oxygens (including phenoxy) is 1. The first-order valence-electron chi connectivity index (χ1n) is 10.4. The fourth-order valence-electron chi connectivity index (χ4n) is 3.78. The number of halogens is 1. The number of hydrogen-bond acceptors (Lipinski definition) is 7. The Labute approximate surface area is 202 Å². The van der Waals surface area contributed by atoms with Gasteiger partial charge in [-0.15, -0.1) is 11.3 Å². The predicted molar refractivity (Wildman–Crippen MR) is 134 cm³/mol. The van der Waals surface area contributed by atoms with E-state index in [9.17, 15) is 9.59 Å². The van der Waals surface area contributed by atoms with Gasteiger partial charge in [-0.2, -0.15) is 10.1 Å². The molecule has 5 aromatic rings. The third-order valence-electron chi connectivity index (χ3n) is 5.33. The number of aromatic nitrogens is 5. The third kappa shape index (κ3) is 3.76. The fraction of sp³-hybridized carbons (Fsp3) is 0.130. The summed E-state index contributed by atoms with van der Waals surface area (Å²) >= 11 is 7.61. The monoisotopic (exact) mass is 494 g/mol. The number of H-pyrrole nitrogens is 1. The van der Waals surface area contributed by atoms with Crippen LogP contribution in [0.15, 0.2) is 63.8 Å². The van der Waals surface area contributed by atoms with E-state index in [1.807, 2.05) is 43.5 Å². The number of thiophene rings is 1. The third-order valence-corrected chi connectivity index (χ3v) is 6.48. The number of nitrogens with zero attached hydrogens (tertiary/aromatic N) is 4. The average Bonchev–Trinajstić information content (AvgIpc) is 3.46. The minimum atomic E-state index is -0.462. The molecule has 5 rings (SSSR count). The first-order chi connectivity index (χ1) is 16.5. The van der Waals surface area contributed by atoms with Gasteiger partial charge in [0.2, 0.25) is 0 Å². The number of benzene rings is 2. The highest BCUT2D eigenvalue weighted by Gasteiger charge is 2.18. The molecule has 0 amide bonds. The minimum Gasteiger partial charge on any atom is -0.492 e. The maximum atomic E-state index is 13.2. The van der Waals surface area contributed by atoms with E-state index in [0.717, 1.165) is 10.3 Å². The van der Waals surface area contributed by atoms with Crippen molar-refractivity contribution < 1.29 is 4.74 Å². The number of hydrogen-bond donors (Lipinski definition) is 2. The van der Waals surface area contributed by atoms with Crippen LogP contribution in [0.3, 0.4) is 0 Å². The summed E-state index contributed by atoms with van der Waals surface area (Å²) in [6.07, 6.45) is 1.42. The maximum absolute atomic E-state index is 13.2. The van der Waals surface area contributed by atoms with Gasteiger partial charge in [-0.1, -0.05) is 17.7 Å². The Kier molecular flexibility index (Phi) is 5.68. The van der Waals surface area contributed by atoms with E-state index in [-0.39, 0.29) is 5.69 Å². The number of nitrogens with one attached hydrogen (secondary N) is 2. The summed E-state index contributed by atoms with van der Waals surface area (Å²) in [5.41, 5.74) is 2.64. The molecular weight excluding hydrogens is 476 g/mol. The SMILES string of the molecule is CCOc1cc(Cl)ccc1-n1c(=O)nc(Nc2cccc(-n3cn[nH]c3=O)c2C)c2sccc21. The molecule has 0 bridgehead atoms. The lowest BCUT2D eigenvalue weighted by Crippen LogP contribution is -2.23. The molecule has 0 saturated heterocycles. The van der Waals surface area contributed by atoms with E-state index in [1.54, 1.807) is 18.2 Å². The zero-order valence-corrected chi connectivity index (χ0v) is 19.8. The zero-order chi connectivity index (χ0) is 23.8. The van der Waals surface area contributed by atoms with Crippen LogP contribution in [-0.4, -0.2) is 30.9 Å². The summed E-state index contributed by atoms with van der Waals surface area (Å²) in [6.45, 7) is 4.18. The molecular formula is C23H19ClN6O3S. The summed E-state index contributed by atoms with van der Waals surface area (Å²) in [7, 11) is 0. The number of fused-ring (bicyclic) bond motifs is 1.